The Bertz CT molecular complexity index is 488. The summed E-state index contributed by atoms with van der Waals surface area (Å²) in [6.45, 7) is 2.13. The minimum absolute atomic E-state index is 0.829. The van der Waals surface area contributed by atoms with E-state index in [1.54, 1.807) is 18.1 Å². The van der Waals surface area contributed by atoms with Crippen LogP contribution in [-0.2, 0) is 5.75 Å². The van der Waals surface area contributed by atoms with Crippen LogP contribution in [-0.4, -0.2) is 9.97 Å². The van der Waals surface area contributed by atoms with Gasteiger partial charge >= 0.3 is 0 Å². The molecule has 1 aromatic heterocycles. The molecule has 0 saturated heterocycles. The Morgan fingerprint density at radius 1 is 1.25 bits per heavy atom. The molecule has 82 valence electrons. The van der Waals surface area contributed by atoms with Crippen LogP contribution in [0.15, 0.2) is 46.3 Å². The zero-order chi connectivity index (χ0) is 11.4. The van der Waals surface area contributed by atoms with Crippen molar-refractivity contribution in [3.63, 3.8) is 0 Å². The maximum atomic E-state index is 4.21. The third-order valence-corrected chi connectivity index (χ3v) is 3.65. The topological polar surface area (TPSA) is 25.8 Å². The molecule has 0 spiro atoms. The van der Waals surface area contributed by atoms with Crippen LogP contribution >= 0.6 is 27.7 Å². The molecular weight excluding hydrogens is 284 g/mol. The van der Waals surface area contributed by atoms with Crippen LogP contribution in [0.25, 0.3) is 0 Å². The first-order valence-corrected chi connectivity index (χ1v) is 6.68. The lowest BCUT2D eigenvalue weighted by Gasteiger charge is -2.04. The van der Waals surface area contributed by atoms with Crippen LogP contribution in [0.2, 0.25) is 0 Å². The number of aromatic nitrogens is 2. The van der Waals surface area contributed by atoms with Crippen LogP contribution in [0.3, 0.4) is 0 Å². The first-order chi connectivity index (χ1) is 7.75. The molecule has 16 heavy (non-hydrogen) atoms. The molecule has 2 aromatic rings. The Morgan fingerprint density at radius 3 is 2.81 bits per heavy atom. The normalized spacial score (nSPS) is 10.4. The Balaban J connectivity index is 2.05. The fraction of sp³-hybridized carbons (Fsp3) is 0.167. The van der Waals surface area contributed by atoms with Gasteiger partial charge in [0.25, 0.3) is 0 Å². The zero-order valence-corrected chi connectivity index (χ0v) is 11.3. The minimum Gasteiger partial charge on any atom is -0.230 e. The Hall–Kier alpha value is -0.870. The number of aryl methyl sites for hydroxylation is 1. The van der Waals surface area contributed by atoms with Gasteiger partial charge in [0.05, 0.1) is 0 Å². The van der Waals surface area contributed by atoms with Crippen LogP contribution in [0.1, 0.15) is 11.1 Å². The van der Waals surface area contributed by atoms with Crippen LogP contribution < -0.4 is 0 Å². The summed E-state index contributed by atoms with van der Waals surface area (Å²) in [5.74, 6) is 0.941. The van der Waals surface area contributed by atoms with Gasteiger partial charge in [-0.15, -0.1) is 11.8 Å². The molecule has 0 amide bonds. The molecule has 0 N–H and O–H groups in total. The maximum absolute atomic E-state index is 4.21. The van der Waals surface area contributed by atoms with Crippen LogP contribution in [0.4, 0.5) is 0 Å². The van der Waals surface area contributed by atoms with E-state index in [9.17, 15) is 0 Å². The SMILES string of the molecule is Cc1ccccc1CSc1cc(Br)ncn1. The predicted molar refractivity (Wildman–Crippen MR) is 70.5 cm³/mol. The fourth-order valence-corrected chi connectivity index (χ4v) is 2.72. The quantitative estimate of drug-likeness (QED) is 0.635. The van der Waals surface area contributed by atoms with E-state index >= 15 is 0 Å². The molecule has 0 bridgehead atoms. The van der Waals surface area contributed by atoms with Crippen molar-refractivity contribution < 1.29 is 0 Å². The number of thioether (sulfide) groups is 1. The summed E-state index contributed by atoms with van der Waals surface area (Å²) in [5, 5.41) is 0.991. The highest BCUT2D eigenvalue weighted by atomic mass is 79.9. The van der Waals surface area contributed by atoms with Crippen molar-refractivity contribution in [2.75, 3.05) is 0 Å². The summed E-state index contributed by atoms with van der Waals surface area (Å²) >= 11 is 5.06. The summed E-state index contributed by atoms with van der Waals surface area (Å²) in [5.41, 5.74) is 2.67. The van der Waals surface area contributed by atoms with Gasteiger partial charge in [0.2, 0.25) is 0 Å². The second-order valence-electron chi connectivity index (χ2n) is 3.39. The highest BCUT2D eigenvalue weighted by Crippen LogP contribution is 2.23. The minimum atomic E-state index is 0.829. The summed E-state index contributed by atoms with van der Waals surface area (Å²) in [6, 6.07) is 10.3. The van der Waals surface area contributed by atoms with Gasteiger partial charge in [0, 0.05) is 11.8 Å². The molecule has 0 fully saturated rings. The highest BCUT2D eigenvalue weighted by molar-refractivity contribution is 9.10. The average molecular weight is 295 g/mol. The van der Waals surface area contributed by atoms with Crippen molar-refractivity contribution in [2.45, 2.75) is 17.7 Å². The molecule has 0 radical (unpaired) electrons. The molecule has 2 nitrogen and oxygen atoms in total. The van der Waals surface area contributed by atoms with E-state index in [0.29, 0.717) is 0 Å². The maximum Gasteiger partial charge on any atom is 0.118 e. The van der Waals surface area contributed by atoms with Crippen molar-refractivity contribution in [3.8, 4) is 0 Å². The van der Waals surface area contributed by atoms with Crippen molar-refractivity contribution in [1.82, 2.24) is 9.97 Å². The summed E-state index contributed by atoms with van der Waals surface area (Å²) < 4.78 is 0.829. The summed E-state index contributed by atoms with van der Waals surface area (Å²) in [4.78, 5) is 8.21. The van der Waals surface area contributed by atoms with E-state index in [-0.39, 0.29) is 0 Å². The van der Waals surface area contributed by atoms with Gasteiger partial charge < -0.3 is 0 Å². The van der Waals surface area contributed by atoms with Gasteiger partial charge in [-0.2, -0.15) is 0 Å². The highest BCUT2D eigenvalue weighted by Gasteiger charge is 2.00. The largest absolute Gasteiger partial charge is 0.230 e. The standard InChI is InChI=1S/C12H11BrN2S/c1-9-4-2-3-5-10(9)7-16-12-6-11(13)14-8-15-12/h2-6,8H,7H2,1H3. The number of rotatable bonds is 3. The van der Waals surface area contributed by atoms with Gasteiger partial charge in [-0.1, -0.05) is 24.3 Å². The van der Waals surface area contributed by atoms with Gasteiger partial charge in [0.15, 0.2) is 0 Å². The lowest BCUT2D eigenvalue weighted by Crippen LogP contribution is -1.87. The second kappa shape index (κ2) is 5.46. The van der Waals surface area contributed by atoms with Gasteiger partial charge in [-0.3, -0.25) is 0 Å². The molecule has 0 aliphatic rings. The Kier molecular flexibility index (Phi) is 3.96. The predicted octanol–water partition coefficient (Wildman–Crippen LogP) is 3.84. The van der Waals surface area contributed by atoms with E-state index in [1.165, 1.54) is 11.1 Å². The molecule has 1 heterocycles. The number of hydrogen-bond donors (Lipinski definition) is 0. The van der Waals surface area contributed by atoms with Gasteiger partial charge in [-0.25, -0.2) is 9.97 Å². The van der Waals surface area contributed by atoms with E-state index in [1.807, 2.05) is 6.07 Å². The Morgan fingerprint density at radius 2 is 2.06 bits per heavy atom. The lowest BCUT2D eigenvalue weighted by atomic mass is 10.1. The molecule has 0 aliphatic heterocycles. The van der Waals surface area contributed by atoms with Crippen molar-refractivity contribution in [2.24, 2.45) is 0 Å². The van der Waals surface area contributed by atoms with E-state index < -0.39 is 0 Å². The summed E-state index contributed by atoms with van der Waals surface area (Å²) in [6.07, 6.45) is 1.57. The Labute approximate surface area is 108 Å². The number of halogens is 1. The van der Waals surface area contributed by atoms with E-state index in [0.717, 1.165) is 15.4 Å². The van der Waals surface area contributed by atoms with Gasteiger partial charge in [-0.05, 0) is 34.0 Å². The number of benzene rings is 1. The third kappa shape index (κ3) is 3.06. The monoisotopic (exact) mass is 294 g/mol. The molecule has 0 saturated carbocycles. The van der Waals surface area contributed by atoms with Crippen molar-refractivity contribution in [1.29, 1.82) is 0 Å². The number of hydrogen-bond acceptors (Lipinski definition) is 3. The molecule has 4 heteroatoms. The first kappa shape index (κ1) is 11.6. The zero-order valence-electron chi connectivity index (χ0n) is 8.85. The lowest BCUT2D eigenvalue weighted by molar-refractivity contribution is 1.03. The fourth-order valence-electron chi connectivity index (χ4n) is 1.32. The molecular formula is C12H11BrN2S. The average Bonchev–Trinajstić information content (AvgIpc) is 2.28. The van der Waals surface area contributed by atoms with Crippen molar-refractivity contribution >= 4 is 27.7 Å². The smallest absolute Gasteiger partial charge is 0.118 e. The van der Waals surface area contributed by atoms with Gasteiger partial charge in [0.1, 0.15) is 16.0 Å². The summed E-state index contributed by atoms with van der Waals surface area (Å²) in [7, 11) is 0. The van der Waals surface area contributed by atoms with E-state index in [2.05, 4.69) is 57.1 Å². The van der Waals surface area contributed by atoms with Crippen LogP contribution in [0.5, 0.6) is 0 Å². The second-order valence-corrected chi connectivity index (χ2v) is 5.20. The first-order valence-electron chi connectivity index (χ1n) is 4.90. The molecule has 0 aliphatic carbocycles. The molecule has 0 unspecified atom stereocenters. The molecule has 2 rings (SSSR count). The van der Waals surface area contributed by atoms with Crippen molar-refractivity contribution in [3.05, 3.63) is 52.4 Å². The molecule has 0 atom stereocenters. The number of nitrogens with zero attached hydrogens (tertiary/aromatic N) is 2. The van der Waals surface area contributed by atoms with Crippen LogP contribution in [0, 0.1) is 6.92 Å². The molecule has 1 aromatic carbocycles. The third-order valence-electron chi connectivity index (χ3n) is 2.25. The van der Waals surface area contributed by atoms with E-state index in [4.69, 9.17) is 0 Å².